The average molecular weight is 181 g/mol. The summed E-state index contributed by atoms with van der Waals surface area (Å²) in [6.45, 7) is 0.930. The number of nitro benzene ring substituents is 1. The minimum atomic E-state index is -0.460. The normalized spacial score (nSPS) is 13.8. The molecule has 1 aromatic carbocycles. The van der Waals surface area contributed by atoms with E-state index < -0.39 is 4.92 Å². The molecule has 5 heteroatoms. The molecule has 0 saturated heterocycles. The molecule has 1 aromatic rings. The maximum Gasteiger partial charge on any atom is 0.273 e. The Labute approximate surface area is 74.0 Å². The summed E-state index contributed by atoms with van der Waals surface area (Å²) in [6.07, 6.45) is 0. The molecule has 0 saturated carbocycles. The van der Waals surface area contributed by atoms with Gasteiger partial charge in [-0.15, -0.1) is 0 Å². The van der Waals surface area contributed by atoms with Crippen LogP contribution in [0.15, 0.2) is 18.2 Å². The highest BCUT2D eigenvalue weighted by Crippen LogP contribution is 2.33. The van der Waals surface area contributed by atoms with Crippen LogP contribution in [0.4, 0.5) is 5.69 Å². The van der Waals surface area contributed by atoms with E-state index >= 15 is 0 Å². The monoisotopic (exact) mass is 181 g/mol. The van der Waals surface area contributed by atoms with Crippen molar-refractivity contribution in [1.82, 2.24) is 0 Å². The van der Waals surface area contributed by atoms with E-state index in [-0.39, 0.29) is 5.69 Å². The van der Waals surface area contributed by atoms with Crippen LogP contribution in [-0.4, -0.2) is 18.1 Å². The fraction of sp³-hybridized carbons (Fsp3) is 0.250. The van der Waals surface area contributed by atoms with Gasteiger partial charge in [0.2, 0.25) is 0 Å². The summed E-state index contributed by atoms with van der Waals surface area (Å²) < 4.78 is 10.4. The first-order valence-corrected chi connectivity index (χ1v) is 3.81. The standard InChI is InChI=1S/C8H7NO4/c10-9(11)6-1-2-7-8(5-6)13-4-3-12-7/h1-2,5H,3-4H2. The summed E-state index contributed by atoms with van der Waals surface area (Å²) in [7, 11) is 0. The summed E-state index contributed by atoms with van der Waals surface area (Å²) in [4.78, 5) is 9.94. The van der Waals surface area contributed by atoms with Gasteiger partial charge in [-0.2, -0.15) is 0 Å². The topological polar surface area (TPSA) is 61.6 Å². The van der Waals surface area contributed by atoms with Crippen molar-refractivity contribution in [2.24, 2.45) is 0 Å². The van der Waals surface area contributed by atoms with Gasteiger partial charge in [-0.3, -0.25) is 10.1 Å². The lowest BCUT2D eigenvalue weighted by Gasteiger charge is -2.17. The van der Waals surface area contributed by atoms with E-state index in [0.717, 1.165) is 0 Å². The Morgan fingerprint density at radius 2 is 1.92 bits per heavy atom. The van der Waals surface area contributed by atoms with E-state index in [1.54, 1.807) is 6.07 Å². The Hall–Kier alpha value is -1.78. The third-order valence-electron chi connectivity index (χ3n) is 1.74. The van der Waals surface area contributed by atoms with Gasteiger partial charge < -0.3 is 9.47 Å². The second-order valence-electron chi connectivity index (χ2n) is 2.59. The van der Waals surface area contributed by atoms with E-state index in [1.807, 2.05) is 0 Å². The van der Waals surface area contributed by atoms with Crippen LogP contribution in [-0.2, 0) is 0 Å². The van der Waals surface area contributed by atoms with Crippen LogP contribution in [0.25, 0.3) is 0 Å². The summed E-state index contributed by atoms with van der Waals surface area (Å²) in [6, 6.07) is 4.31. The number of hydrogen-bond donors (Lipinski definition) is 0. The number of nitrogens with zero attached hydrogens (tertiary/aromatic N) is 1. The highest BCUT2D eigenvalue weighted by molar-refractivity contribution is 5.49. The molecule has 0 aliphatic carbocycles. The number of nitro groups is 1. The molecule has 68 valence electrons. The number of ether oxygens (including phenoxy) is 2. The van der Waals surface area contributed by atoms with Crippen LogP contribution >= 0.6 is 0 Å². The fourth-order valence-corrected chi connectivity index (χ4v) is 1.15. The molecule has 0 unspecified atom stereocenters. The van der Waals surface area contributed by atoms with Crippen molar-refractivity contribution in [3.05, 3.63) is 28.3 Å². The molecule has 1 aliphatic heterocycles. The molecule has 2 rings (SSSR count). The SMILES string of the molecule is O=[N+]([O-])c1ccc2c(c1)OCCO2. The molecule has 0 bridgehead atoms. The van der Waals surface area contributed by atoms with Crippen molar-refractivity contribution in [3.63, 3.8) is 0 Å². The van der Waals surface area contributed by atoms with Crippen molar-refractivity contribution in [2.45, 2.75) is 0 Å². The molecule has 0 fully saturated rings. The second-order valence-corrected chi connectivity index (χ2v) is 2.59. The Morgan fingerprint density at radius 3 is 2.62 bits per heavy atom. The van der Waals surface area contributed by atoms with Gasteiger partial charge in [0.05, 0.1) is 11.0 Å². The van der Waals surface area contributed by atoms with Gasteiger partial charge in [0.25, 0.3) is 5.69 Å². The van der Waals surface area contributed by atoms with Gasteiger partial charge in [-0.05, 0) is 6.07 Å². The third kappa shape index (κ3) is 1.40. The van der Waals surface area contributed by atoms with Crippen LogP contribution < -0.4 is 9.47 Å². The van der Waals surface area contributed by atoms with Gasteiger partial charge >= 0.3 is 0 Å². The maximum absolute atomic E-state index is 10.4. The van der Waals surface area contributed by atoms with Gasteiger partial charge in [0.15, 0.2) is 11.5 Å². The van der Waals surface area contributed by atoms with Crippen LogP contribution in [0, 0.1) is 10.1 Å². The zero-order valence-electron chi connectivity index (χ0n) is 6.73. The van der Waals surface area contributed by atoms with Gasteiger partial charge in [-0.1, -0.05) is 0 Å². The average Bonchev–Trinajstić information content (AvgIpc) is 2.17. The van der Waals surface area contributed by atoms with Crippen molar-refractivity contribution < 1.29 is 14.4 Å². The zero-order valence-corrected chi connectivity index (χ0v) is 6.73. The van der Waals surface area contributed by atoms with E-state index in [9.17, 15) is 10.1 Å². The molecule has 5 nitrogen and oxygen atoms in total. The first-order chi connectivity index (χ1) is 6.27. The molecule has 0 aromatic heterocycles. The number of non-ortho nitro benzene ring substituents is 1. The Kier molecular flexibility index (Phi) is 1.77. The highest BCUT2D eigenvalue weighted by atomic mass is 16.6. The quantitative estimate of drug-likeness (QED) is 0.484. The van der Waals surface area contributed by atoms with Crippen LogP contribution in [0.2, 0.25) is 0 Å². The molecule has 0 atom stereocenters. The Balaban J connectivity index is 2.40. The lowest BCUT2D eigenvalue weighted by atomic mass is 10.2. The second kappa shape index (κ2) is 2.93. The first-order valence-electron chi connectivity index (χ1n) is 3.81. The Bertz CT molecular complexity index is 350. The van der Waals surface area contributed by atoms with Crippen molar-refractivity contribution in [3.8, 4) is 11.5 Å². The molecule has 13 heavy (non-hydrogen) atoms. The van der Waals surface area contributed by atoms with Crippen molar-refractivity contribution in [1.29, 1.82) is 0 Å². The van der Waals surface area contributed by atoms with Crippen LogP contribution in [0.1, 0.15) is 0 Å². The molecule has 1 aliphatic rings. The van der Waals surface area contributed by atoms with E-state index in [2.05, 4.69) is 0 Å². The summed E-state index contributed by atoms with van der Waals surface area (Å²) in [5.74, 6) is 1.01. The summed E-state index contributed by atoms with van der Waals surface area (Å²) in [5, 5.41) is 10.4. The predicted molar refractivity (Wildman–Crippen MR) is 44.1 cm³/mol. The predicted octanol–water partition coefficient (Wildman–Crippen LogP) is 1.37. The van der Waals surface area contributed by atoms with Gasteiger partial charge in [0.1, 0.15) is 13.2 Å². The molecular formula is C8H7NO4. The lowest BCUT2D eigenvalue weighted by molar-refractivity contribution is -0.385. The minimum absolute atomic E-state index is 0.0178. The molecular weight excluding hydrogens is 174 g/mol. The van der Waals surface area contributed by atoms with E-state index in [0.29, 0.717) is 24.7 Å². The summed E-state index contributed by atoms with van der Waals surface area (Å²) in [5.41, 5.74) is 0.0178. The number of benzene rings is 1. The Morgan fingerprint density at radius 1 is 1.23 bits per heavy atom. The van der Waals surface area contributed by atoms with Crippen LogP contribution in [0.3, 0.4) is 0 Å². The maximum atomic E-state index is 10.4. The smallest absolute Gasteiger partial charge is 0.273 e. The number of fused-ring (bicyclic) bond motifs is 1. The summed E-state index contributed by atoms with van der Waals surface area (Å²) >= 11 is 0. The van der Waals surface area contributed by atoms with Gasteiger partial charge in [0, 0.05) is 6.07 Å². The van der Waals surface area contributed by atoms with Crippen molar-refractivity contribution in [2.75, 3.05) is 13.2 Å². The molecule has 1 heterocycles. The third-order valence-corrected chi connectivity index (χ3v) is 1.74. The molecule has 0 spiro atoms. The molecule has 0 N–H and O–H groups in total. The largest absolute Gasteiger partial charge is 0.486 e. The van der Waals surface area contributed by atoms with Gasteiger partial charge in [-0.25, -0.2) is 0 Å². The zero-order chi connectivity index (χ0) is 9.26. The molecule has 0 amide bonds. The van der Waals surface area contributed by atoms with E-state index in [1.165, 1.54) is 12.1 Å². The molecule has 0 radical (unpaired) electrons. The fourth-order valence-electron chi connectivity index (χ4n) is 1.15. The number of hydrogen-bond acceptors (Lipinski definition) is 4. The van der Waals surface area contributed by atoms with Crippen molar-refractivity contribution >= 4 is 5.69 Å². The highest BCUT2D eigenvalue weighted by Gasteiger charge is 2.15. The lowest BCUT2D eigenvalue weighted by Crippen LogP contribution is -2.15. The van der Waals surface area contributed by atoms with Crippen LogP contribution in [0.5, 0.6) is 11.5 Å². The van der Waals surface area contributed by atoms with E-state index in [4.69, 9.17) is 9.47 Å². The number of rotatable bonds is 1. The minimum Gasteiger partial charge on any atom is -0.486 e. The first kappa shape index (κ1) is 7.85.